The minimum Gasteiger partial charge on any atom is -0.337 e. The molecule has 0 radical (unpaired) electrons. The first-order valence-corrected chi connectivity index (χ1v) is 14.2. The van der Waals surface area contributed by atoms with Crippen molar-refractivity contribution in [2.45, 2.75) is 42.0 Å². The highest BCUT2D eigenvalue weighted by atomic mass is 35.5. The molecule has 2 saturated heterocycles. The molecule has 2 fully saturated rings. The first-order valence-electron chi connectivity index (χ1n) is 13.0. The van der Waals surface area contributed by atoms with E-state index in [2.05, 4.69) is 5.32 Å². The number of piperidine rings is 1. The third-order valence-corrected chi connectivity index (χ3v) is 9.04. The zero-order chi connectivity index (χ0) is 27.1. The normalized spacial score (nSPS) is 20.8. The summed E-state index contributed by atoms with van der Waals surface area (Å²) >= 11 is 7.77. The van der Waals surface area contributed by atoms with E-state index in [-0.39, 0.29) is 29.4 Å². The number of benzene rings is 3. The Morgan fingerprint density at radius 1 is 0.949 bits per heavy atom. The second kappa shape index (κ2) is 10.5. The number of nitrogens with zero attached hydrogens (tertiary/aromatic N) is 2. The number of carbonyl (C=O) groups is 4. The molecule has 3 aliphatic rings. The summed E-state index contributed by atoms with van der Waals surface area (Å²) in [5.41, 5.74) is 4.00. The highest BCUT2D eigenvalue weighted by molar-refractivity contribution is 8.00. The summed E-state index contributed by atoms with van der Waals surface area (Å²) in [5.74, 6) is -0.858. The number of nitrogens with one attached hydrogen (secondary N) is 1. The average Bonchev–Trinajstić information content (AvgIpc) is 3.53. The van der Waals surface area contributed by atoms with Crippen LogP contribution in [0.5, 0.6) is 0 Å². The summed E-state index contributed by atoms with van der Waals surface area (Å²) in [6.07, 6.45) is 1.45. The zero-order valence-corrected chi connectivity index (χ0v) is 22.6. The Morgan fingerprint density at radius 3 is 2.54 bits per heavy atom. The monoisotopic (exact) mass is 559 g/mol. The van der Waals surface area contributed by atoms with Crippen molar-refractivity contribution in [2.24, 2.45) is 0 Å². The SMILES string of the molecule is O=C1CCC(N2Cc3cc(SC4CCN(C(=O)c5ccccc5-c5ccc(Cl)cc5)C4)ccc3C2=O)C(=O)N1. The summed E-state index contributed by atoms with van der Waals surface area (Å²) in [6, 6.07) is 20.3. The molecule has 3 aromatic rings. The van der Waals surface area contributed by atoms with Crippen LogP contribution in [0.15, 0.2) is 71.6 Å². The molecule has 39 heavy (non-hydrogen) atoms. The molecule has 3 heterocycles. The van der Waals surface area contributed by atoms with Gasteiger partial charge in [-0.3, -0.25) is 24.5 Å². The Kier molecular flexibility index (Phi) is 6.91. The Bertz CT molecular complexity index is 1490. The van der Waals surface area contributed by atoms with Gasteiger partial charge in [-0.1, -0.05) is 41.9 Å². The maximum absolute atomic E-state index is 13.5. The van der Waals surface area contributed by atoms with Gasteiger partial charge in [0.15, 0.2) is 0 Å². The van der Waals surface area contributed by atoms with Crippen LogP contribution in [-0.4, -0.2) is 57.8 Å². The van der Waals surface area contributed by atoms with E-state index in [0.717, 1.165) is 28.0 Å². The lowest BCUT2D eigenvalue weighted by Gasteiger charge is -2.29. The van der Waals surface area contributed by atoms with E-state index in [1.165, 1.54) is 0 Å². The van der Waals surface area contributed by atoms with E-state index >= 15 is 0 Å². The molecule has 2 atom stereocenters. The lowest BCUT2D eigenvalue weighted by molar-refractivity contribution is -0.136. The third kappa shape index (κ3) is 5.06. The fourth-order valence-corrected chi connectivity index (χ4v) is 6.89. The first-order chi connectivity index (χ1) is 18.9. The summed E-state index contributed by atoms with van der Waals surface area (Å²) in [5, 5.41) is 3.23. The van der Waals surface area contributed by atoms with Gasteiger partial charge in [0.05, 0.1) is 0 Å². The fourth-order valence-electron chi connectivity index (χ4n) is 5.55. The zero-order valence-electron chi connectivity index (χ0n) is 21.1. The van der Waals surface area contributed by atoms with Crippen LogP contribution >= 0.6 is 23.4 Å². The first kappa shape index (κ1) is 25.6. The predicted octanol–water partition coefficient (Wildman–Crippen LogP) is 4.77. The van der Waals surface area contributed by atoms with E-state index in [9.17, 15) is 19.2 Å². The van der Waals surface area contributed by atoms with Crippen LogP contribution in [0.1, 0.15) is 45.5 Å². The van der Waals surface area contributed by atoms with Gasteiger partial charge in [-0.2, -0.15) is 0 Å². The fraction of sp³-hybridized carbons (Fsp3) is 0.267. The Labute approximate surface area is 235 Å². The second-order valence-corrected chi connectivity index (χ2v) is 11.9. The lowest BCUT2D eigenvalue weighted by atomic mass is 9.99. The molecule has 3 aromatic carbocycles. The Balaban J connectivity index is 1.12. The van der Waals surface area contributed by atoms with Crippen LogP contribution < -0.4 is 5.32 Å². The minimum atomic E-state index is -0.621. The molecule has 9 heteroatoms. The van der Waals surface area contributed by atoms with Crippen LogP contribution in [0.4, 0.5) is 0 Å². The molecule has 4 amide bonds. The van der Waals surface area contributed by atoms with E-state index in [0.29, 0.717) is 42.2 Å². The summed E-state index contributed by atoms with van der Waals surface area (Å²) in [4.78, 5) is 54.9. The number of hydrogen-bond acceptors (Lipinski definition) is 5. The van der Waals surface area contributed by atoms with Crippen molar-refractivity contribution in [3.8, 4) is 11.1 Å². The van der Waals surface area contributed by atoms with Crippen LogP contribution in [0.25, 0.3) is 11.1 Å². The number of thioether (sulfide) groups is 1. The molecule has 1 N–H and O–H groups in total. The van der Waals surface area contributed by atoms with Gasteiger partial charge in [0.25, 0.3) is 11.8 Å². The molecular weight excluding hydrogens is 534 g/mol. The van der Waals surface area contributed by atoms with Crippen LogP contribution in [-0.2, 0) is 16.1 Å². The van der Waals surface area contributed by atoms with E-state index in [4.69, 9.17) is 11.6 Å². The molecule has 0 spiro atoms. The topological polar surface area (TPSA) is 86.8 Å². The van der Waals surface area contributed by atoms with Crippen molar-refractivity contribution in [1.82, 2.24) is 15.1 Å². The Hall–Kier alpha value is -3.62. The number of likely N-dealkylation sites (tertiary alicyclic amines) is 1. The van der Waals surface area contributed by atoms with Gasteiger partial charge in [0.1, 0.15) is 6.04 Å². The number of carbonyl (C=O) groups excluding carboxylic acids is 4. The van der Waals surface area contributed by atoms with Gasteiger partial charge in [-0.05, 0) is 65.9 Å². The van der Waals surface area contributed by atoms with E-state index in [1.54, 1.807) is 16.7 Å². The number of rotatable bonds is 5. The highest BCUT2D eigenvalue weighted by Gasteiger charge is 2.39. The minimum absolute atomic E-state index is 0.0167. The number of halogens is 1. The molecule has 0 aromatic heterocycles. The quantitative estimate of drug-likeness (QED) is 0.455. The molecule has 0 bridgehead atoms. The lowest BCUT2D eigenvalue weighted by Crippen LogP contribution is -2.52. The van der Waals surface area contributed by atoms with Crippen LogP contribution in [0.3, 0.4) is 0 Å². The molecule has 6 rings (SSSR count). The summed E-state index contributed by atoms with van der Waals surface area (Å²) < 4.78 is 0. The molecule has 198 valence electrons. The standard InChI is InChI=1S/C30H26ClN3O4S/c31-20-7-5-18(6-8-20)23-3-1-2-4-25(23)29(37)33-14-13-22(17-33)39-21-9-10-24-19(15-21)16-34(30(24)38)26-11-12-27(35)32-28(26)36/h1-10,15,22,26H,11-14,16-17H2,(H,32,35,36). The van der Waals surface area contributed by atoms with Gasteiger partial charge in [-0.15, -0.1) is 11.8 Å². The van der Waals surface area contributed by atoms with Crippen molar-refractivity contribution in [2.75, 3.05) is 13.1 Å². The Morgan fingerprint density at radius 2 is 1.74 bits per heavy atom. The maximum atomic E-state index is 13.5. The highest BCUT2D eigenvalue weighted by Crippen LogP contribution is 2.35. The molecule has 3 aliphatic heterocycles. The van der Waals surface area contributed by atoms with Crippen molar-refractivity contribution in [1.29, 1.82) is 0 Å². The van der Waals surface area contributed by atoms with Gasteiger partial charge >= 0.3 is 0 Å². The van der Waals surface area contributed by atoms with Crippen molar-refractivity contribution in [3.63, 3.8) is 0 Å². The second-order valence-electron chi connectivity index (χ2n) is 10.1. The predicted molar refractivity (Wildman–Crippen MR) is 150 cm³/mol. The number of amides is 4. The number of hydrogen-bond donors (Lipinski definition) is 1. The summed E-state index contributed by atoms with van der Waals surface area (Å²) in [7, 11) is 0. The number of imide groups is 1. The van der Waals surface area contributed by atoms with Gasteiger partial charge in [-0.25, -0.2) is 0 Å². The third-order valence-electron chi connectivity index (χ3n) is 7.54. The number of fused-ring (bicyclic) bond motifs is 1. The largest absolute Gasteiger partial charge is 0.337 e. The van der Waals surface area contributed by atoms with Crippen LogP contribution in [0.2, 0.25) is 5.02 Å². The van der Waals surface area contributed by atoms with Crippen molar-refractivity contribution >= 4 is 47.0 Å². The van der Waals surface area contributed by atoms with Gasteiger partial charge in [0.2, 0.25) is 11.8 Å². The van der Waals surface area contributed by atoms with E-state index < -0.39 is 11.9 Å². The van der Waals surface area contributed by atoms with Crippen molar-refractivity contribution in [3.05, 3.63) is 88.4 Å². The average molecular weight is 560 g/mol. The molecular formula is C30H26ClN3O4S. The van der Waals surface area contributed by atoms with Crippen molar-refractivity contribution < 1.29 is 19.2 Å². The molecule has 0 aliphatic carbocycles. The molecule has 7 nitrogen and oxygen atoms in total. The van der Waals surface area contributed by atoms with Crippen LogP contribution in [0, 0.1) is 0 Å². The maximum Gasteiger partial charge on any atom is 0.255 e. The summed E-state index contributed by atoms with van der Waals surface area (Å²) in [6.45, 7) is 1.67. The molecule has 0 saturated carbocycles. The van der Waals surface area contributed by atoms with E-state index in [1.807, 2.05) is 71.6 Å². The smallest absolute Gasteiger partial charge is 0.255 e. The molecule has 2 unspecified atom stereocenters. The van der Waals surface area contributed by atoms with Gasteiger partial charge in [0, 0.05) is 52.4 Å². The van der Waals surface area contributed by atoms with Gasteiger partial charge < -0.3 is 9.80 Å².